The Morgan fingerprint density at radius 2 is 1.82 bits per heavy atom. The Morgan fingerprint density at radius 1 is 1.10 bits per heavy atom. The number of thiazole rings is 1. The molecule has 2 N–H and O–H groups in total. The highest BCUT2D eigenvalue weighted by atomic mass is 35.5. The topological polar surface area (TPSA) is 133 Å². The number of aromatic nitrogens is 3. The number of nitrogens with zero attached hydrogens (tertiary/aromatic N) is 6. The summed E-state index contributed by atoms with van der Waals surface area (Å²) >= 11 is 7.69. The number of ether oxygens (including phenoxy) is 2. The number of benzene rings is 2. The van der Waals surface area contributed by atoms with Crippen molar-refractivity contribution in [3.63, 3.8) is 0 Å². The van der Waals surface area contributed by atoms with Gasteiger partial charge in [-0.1, -0.05) is 22.9 Å². The van der Waals surface area contributed by atoms with Gasteiger partial charge < -0.3 is 19.5 Å². The summed E-state index contributed by atoms with van der Waals surface area (Å²) in [7, 11) is 1.79. The largest absolute Gasteiger partial charge is 0.465 e. The second kappa shape index (κ2) is 12.9. The summed E-state index contributed by atoms with van der Waals surface area (Å²) in [6.07, 6.45) is -1.15. The molecule has 4 aromatic rings. The van der Waals surface area contributed by atoms with Crippen molar-refractivity contribution < 1.29 is 37.3 Å². The second-order valence-corrected chi connectivity index (χ2v) is 15.3. The number of carbonyl (C=O) groups excluding carboxylic acids is 1. The van der Waals surface area contributed by atoms with Crippen molar-refractivity contribution >= 4 is 67.2 Å². The van der Waals surface area contributed by atoms with E-state index in [0.29, 0.717) is 31.7 Å². The fraction of sp³-hybridized carbons (Fsp3) is 0.485. The monoisotopic (exact) mass is 733 g/mol. The standard InChI is InChI=1S/C33H35ClF3N7O5S/c1-33(2,3)49-31(45)41-30-39-26-19(7-8-22(36)27(26)50-30)23-21(34)10-20-25(24(23)37)38-29(48-14-18-9-15(35)11-42(18)4)40-28(20)43-12-16-5-6-17(13-43)44(16)32(46)47/h7-8,10,15-18H,5-6,9,11-14H2,1-4H3,(H,46,47)(H,39,41,45)/t15-,16?,17?,18+/m1/s1. The Balaban J connectivity index is 1.32. The van der Waals surface area contributed by atoms with Gasteiger partial charge in [-0.2, -0.15) is 9.97 Å². The predicted molar refractivity (Wildman–Crippen MR) is 183 cm³/mol. The molecule has 17 heteroatoms. The number of fused-ring (bicyclic) bond motifs is 4. The van der Waals surface area contributed by atoms with E-state index in [0.717, 1.165) is 11.3 Å². The number of likely N-dealkylation sites (N-methyl/N-ethyl adjacent to an activating group) is 1. The van der Waals surface area contributed by atoms with Crippen LogP contribution >= 0.6 is 22.9 Å². The third-order valence-electron chi connectivity index (χ3n) is 9.26. The van der Waals surface area contributed by atoms with Crippen LogP contribution in [0, 0.1) is 11.6 Å². The van der Waals surface area contributed by atoms with E-state index >= 15 is 8.78 Å². The molecule has 266 valence electrons. The number of carboxylic acid groups (broad SMARTS) is 1. The number of carbonyl (C=O) groups is 2. The van der Waals surface area contributed by atoms with E-state index in [1.807, 2.05) is 9.80 Å². The minimum Gasteiger partial charge on any atom is -0.465 e. The quantitative estimate of drug-likeness (QED) is 0.215. The lowest BCUT2D eigenvalue weighted by molar-refractivity contribution is 0.0635. The summed E-state index contributed by atoms with van der Waals surface area (Å²) in [4.78, 5) is 43.2. The number of halogens is 4. The number of hydrogen-bond acceptors (Lipinski definition) is 10. The van der Waals surface area contributed by atoms with Crippen LogP contribution in [0.15, 0.2) is 18.2 Å². The highest BCUT2D eigenvalue weighted by Crippen LogP contribution is 2.44. The van der Waals surface area contributed by atoms with E-state index in [9.17, 15) is 19.1 Å². The first-order valence-corrected chi connectivity index (χ1v) is 17.4. The van der Waals surface area contributed by atoms with Gasteiger partial charge in [-0.3, -0.25) is 15.1 Å². The minimum atomic E-state index is -0.997. The molecule has 0 aliphatic carbocycles. The normalized spacial score (nSPS) is 22.5. The Labute approximate surface area is 294 Å². The third-order valence-corrected chi connectivity index (χ3v) is 10.5. The molecule has 3 saturated heterocycles. The van der Waals surface area contributed by atoms with Crippen molar-refractivity contribution in [3.8, 4) is 17.1 Å². The van der Waals surface area contributed by atoms with E-state index in [2.05, 4.69) is 20.3 Å². The molecule has 3 aliphatic rings. The second-order valence-electron chi connectivity index (χ2n) is 13.9. The number of nitrogens with one attached hydrogen (secondary N) is 1. The average Bonchev–Trinajstić information content (AvgIpc) is 3.68. The first-order valence-electron chi connectivity index (χ1n) is 16.2. The Hall–Kier alpha value is -4.15. The van der Waals surface area contributed by atoms with Crippen molar-refractivity contribution in [2.75, 3.05) is 43.5 Å². The lowest BCUT2D eigenvalue weighted by atomic mass is 10.0. The molecule has 3 aliphatic heterocycles. The van der Waals surface area contributed by atoms with Crippen LogP contribution in [0.3, 0.4) is 0 Å². The Kier molecular flexibility index (Phi) is 8.83. The lowest BCUT2D eigenvalue weighted by Crippen LogP contribution is -2.55. The van der Waals surface area contributed by atoms with Gasteiger partial charge in [0.15, 0.2) is 10.9 Å². The van der Waals surface area contributed by atoms with Crippen LogP contribution in [0.2, 0.25) is 5.02 Å². The van der Waals surface area contributed by atoms with Crippen LogP contribution in [0.25, 0.3) is 32.2 Å². The number of rotatable bonds is 6. The molecule has 0 spiro atoms. The van der Waals surface area contributed by atoms with Gasteiger partial charge in [0.25, 0.3) is 0 Å². The van der Waals surface area contributed by atoms with Gasteiger partial charge in [0.1, 0.15) is 35.5 Å². The van der Waals surface area contributed by atoms with Gasteiger partial charge in [-0.05, 0) is 65.3 Å². The van der Waals surface area contributed by atoms with Gasteiger partial charge in [-0.25, -0.2) is 27.7 Å². The number of piperazine rings is 1. The van der Waals surface area contributed by atoms with Gasteiger partial charge in [-0.15, -0.1) is 0 Å². The zero-order valence-electron chi connectivity index (χ0n) is 27.7. The van der Waals surface area contributed by atoms with Crippen LogP contribution in [-0.2, 0) is 4.74 Å². The number of likely N-dealkylation sites (tertiary alicyclic amines) is 1. The predicted octanol–water partition coefficient (Wildman–Crippen LogP) is 6.94. The molecule has 50 heavy (non-hydrogen) atoms. The molecular weight excluding hydrogens is 699 g/mol. The molecule has 0 saturated carbocycles. The van der Waals surface area contributed by atoms with E-state index in [4.69, 9.17) is 21.1 Å². The van der Waals surface area contributed by atoms with E-state index in [1.54, 1.807) is 27.8 Å². The molecule has 3 fully saturated rings. The maximum Gasteiger partial charge on any atom is 0.413 e. The first-order chi connectivity index (χ1) is 23.7. The lowest BCUT2D eigenvalue weighted by Gasteiger charge is -2.40. The molecule has 5 heterocycles. The number of amides is 2. The molecule has 2 amide bonds. The van der Waals surface area contributed by atoms with Crippen molar-refractivity contribution in [2.24, 2.45) is 0 Å². The summed E-state index contributed by atoms with van der Waals surface area (Å²) in [5.41, 5.74) is -0.773. The summed E-state index contributed by atoms with van der Waals surface area (Å²) in [5, 5.41) is 12.6. The summed E-state index contributed by atoms with van der Waals surface area (Å²) in [6.45, 7) is 6.06. The van der Waals surface area contributed by atoms with E-state index in [1.165, 1.54) is 23.1 Å². The maximum absolute atomic E-state index is 17.0. The van der Waals surface area contributed by atoms with Crippen LogP contribution in [0.5, 0.6) is 6.01 Å². The number of hydrogen-bond donors (Lipinski definition) is 2. The average molecular weight is 734 g/mol. The minimum absolute atomic E-state index is 0.0233. The van der Waals surface area contributed by atoms with Crippen molar-refractivity contribution in [3.05, 3.63) is 34.9 Å². The smallest absolute Gasteiger partial charge is 0.413 e. The van der Waals surface area contributed by atoms with Gasteiger partial charge in [0, 0.05) is 42.2 Å². The number of alkyl halides is 1. The molecule has 0 radical (unpaired) electrons. The zero-order chi connectivity index (χ0) is 35.6. The maximum atomic E-state index is 17.0. The van der Waals surface area contributed by atoms with E-state index in [-0.39, 0.29) is 86.1 Å². The molecule has 2 aromatic carbocycles. The molecule has 2 aromatic heterocycles. The van der Waals surface area contributed by atoms with Gasteiger partial charge in [0.05, 0.1) is 27.3 Å². The molecule has 4 atom stereocenters. The van der Waals surface area contributed by atoms with E-state index < -0.39 is 35.6 Å². The summed E-state index contributed by atoms with van der Waals surface area (Å²) in [6, 6.07) is 3.11. The molecule has 12 nitrogen and oxygen atoms in total. The highest BCUT2D eigenvalue weighted by molar-refractivity contribution is 7.22. The van der Waals surface area contributed by atoms with Crippen molar-refractivity contribution in [1.82, 2.24) is 24.8 Å². The van der Waals surface area contributed by atoms with Crippen LogP contribution < -0.4 is 15.0 Å². The molecule has 2 unspecified atom stereocenters. The zero-order valence-corrected chi connectivity index (χ0v) is 29.2. The van der Waals surface area contributed by atoms with Gasteiger partial charge in [0.2, 0.25) is 0 Å². The Bertz CT molecular complexity index is 2000. The fourth-order valence-corrected chi connectivity index (χ4v) is 8.28. The molecule has 2 bridgehead atoms. The molecule has 7 rings (SSSR count). The first kappa shape index (κ1) is 34.3. The summed E-state index contributed by atoms with van der Waals surface area (Å²) in [5.74, 6) is -1.14. The fourth-order valence-electron chi connectivity index (χ4n) is 7.10. The van der Waals surface area contributed by atoms with Gasteiger partial charge >= 0.3 is 18.2 Å². The van der Waals surface area contributed by atoms with Crippen molar-refractivity contribution in [2.45, 2.75) is 69.9 Å². The summed E-state index contributed by atoms with van der Waals surface area (Å²) < 4.78 is 57.5. The third kappa shape index (κ3) is 6.44. The number of anilines is 2. The Morgan fingerprint density at radius 3 is 2.46 bits per heavy atom. The highest BCUT2D eigenvalue weighted by Gasteiger charge is 2.44. The van der Waals surface area contributed by atoms with Crippen LogP contribution in [0.1, 0.15) is 40.0 Å². The van der Waals surface area contributed by atoms with Crippen LogP contribution in [-0.4, -0.2) is 105 Å². The van der Waals surface area contributed by atoms with Crippen LogP contribution in [0.4, 0.5) is 33.7 Å². The molecular formula is C33H35ClF3N7O5S. The SMILES string of the molecule is CN1C[C@H](F)C[C@H]1COc1nc(N2CC3CCC(C2)N3C(=O)O)c2cc(Cl)c(-c3ccc(F)c4sc(NC(=O)OC(C)(C)C)nc34)c(F)c2n1. The van der Waals surface area contributed by atoms with Crippen molar-refractivity contribution in [1.29, 1.82) is 0 Å².